The fourth-order valence-electron chi connectivity index (χ4n) is 2.87. The van der Waals surface area contributed by atoms with E-state index in [1.807, 2.05) is 0 Å². The first-order valence-electron chi connectivity index (χ1n) is 7.28. The minimum absolute atomic E-state index is 0.409. The molecule has 0 radical (unpaired) electrons. The Hall–Kier alpha value is -0.120. The number of rotatable bonds is 8. The molecule has 0 aromatic heterocycles. The van der Waals surface area contributed by atoms with E-state index in [0.717, 1.165) is 18.9 Å². The van der Waals surface area contributed by atoms with Gasteiger partial charge in [0.2, 0.25) is 0 Å². The Morgan fingerprint density at radius 3 is 2.65 bits per heavy atom. The summed E-state index contributed by atoms with van der Waals surface area (Å²) in [4.78, 5) is 0. The van der Waals surface area contributed by atoms with Gasteiger partial charge in [-0.15, -0.1) is 0 Å². The van der Waals surface area contributed by atoms with Crippen molar-refractivity contribution >= 4 is 0 Å². The summed E-state index contributed by atoms with van der Waals surface area (Å²) in [5.74, 6) is 7.14. The Balaban J connectivity index is 2.38. The lowest BCUT2D eigenvalue weighted by molar-refractivity contribution is 0.115. The van der Waals surface area contributed by atoms with Gasteiger partial charge in [0.25, 0.3) is 0 Å². The highest BCUT2D eigenvalue weighted by Crippen LogP contribution is 2.28. The van der Waals surface area contributed by atoms with Gasteiger partial charge in [-0.1, -0.05) is 39.5 Å². The Morgan fingerprint density at radius 1 is 1.41 bits per heavy atom. The second-order valence-electron chi connectivity index (χ2n) is 5.57. The number of nitrogens with two attached hydrogens (primary N) is 1. The van der Waals surface area contributed by atoms with Gasteiger partial charge in [-0.25, -0.2) is 0 Å². The molecule has 1 heterocycles. The Kier molecular flexibility index (Phi) is 7.09. The third-order valence-electron chi connectivity index (χ3n) is 4.14. The molecule has 1 fully saturated rings. The highest BCUT2D eigenvalue weighted by molar-refractivity contribution is 4.82. The van der Waals surface area contributed by atoms with Crippen molar-refractivity contribution < 1.29 is 4.74 Å². The number of hydrogen-bond acceptors (Lipinski definition) is 3. The normalized spacial score (nSPS) is 28.2. The van der Waals surface area contributed by atoms with Crippen LogP contribution in [0.1, 0.15) is 59.3 Å². The summed E-state index contributed by atoms with van der Waals surface area (Å²) in [6.07, 6.45) is 8.00. The molecule has 4 atom stereocenters. The molecular weight excluding hydrogens is 212 g/mol. The van der Waals surface area contributed by atoms with Crippen molar-refractivity contribution in [3.63, 3.8) is 0 Å². The van der Waals surface area contributed by atoms with Gasteiger partial charge >= 0.3 is 0 Å². The van der Waals surface area contributed by atoms with E-state index in [1.165, 1.54) is 32.1 Å². The quantitative estimate of drug-likeness (QED) is 0.508. The molecule has 1 saturated heterocycles. The topological polar surface area (TPSA) is 47.3 Å². The molecule has 102 valence electrons. The molecule has 0 aromatic rings. The molecule has 3 N–H and O–H groups in total. The molecule has 1 rings (SSSR count). The Labute approximate surface area is 106 Å². The summed E-state index contributed by atoms with van der Waals surface area (Å²) in [6, 6.07) is 0.432. The van der Waals surface area contributed by atoms with Gasteiger partial charge in [-0.2, -0.15) is 0 Å². The number of hydrazine groups is 1. The average molecular weight is 242 g/mol. The highest BCUT2D eigenvalue weighted by Gasteiger charge is 2.30. The lowest BCUT2D eigenvalue weighted by Crippen LogP contribution is -2.42. The molecule has 4 unspecified atom stereocenters. The third-order valence-corrected chi connectivity index (χ3v) is 4.14. The Morgan fingerprint density at radius 2 is 2.18 bits per heavy atom. The van der Waals surface area contributed by atoms with E-state index in [1.54, 1.807) is 0 Å². The molecule has 0 aliphatic carbocycles. The lowest BCUT2D eigenvalue weighted by atomic mass is 9.86. The van der Waals surface area contributed by atoms with E-state index < -0.39 is 0 Å². The molecule has 0 spiro atoms. The van der Waals surface area contributed by atoms with Crippen LogP contribution in [0.25, 0.3) is 0 Å². The molecule has 3 heteroatoms. The van der Waals surface area contributed by atoms with Crippen molar-refractivity contribution in [3.05, 3.63) is 0 Å². The first kappa shape index (κ1) is 14.9. The van der Waals surface area contributed by atoms with Crippen molar-refractivity contribution in [1.29, 1.82) is 0 Å². The van der Waals surface area contributed by atoms with Crippen molar-refractivity contribution in [2.75, 3.05) is 6.61 Å². The van der Waals surface area contributed by atoms with Crippen LogP contribution in [0.3, 0.4) is 0 Å². The van der Waals surface area contributed by atoms with E-state index in [2.05, 4.69) is 26.2 Å². The van der Waals surface area contributed by atoms with Crippen LogP contribution in [-0.2, 0) is 4.74 Å². The average Bonchev–Trinajstić information content (AvgIpc) is 2.76. The zero-order valence-electron chi connectivity index (χ0n) is 11.7. The van der Waals surface area contributed by atoms with Gasteiger partial charge in [0.05, 0.1) is 12.7 Å². The molecule has 1 aliphatic rings. The van der Waals surface area contributed by atoms with Gasteiger partial charge < -0.3 is 4.74 Å². The maximum absolute atomic E-state index is 5.72. The lowest BCUT2D eigenvalue weighted by Gasteiger charge is -2.26. The van der Waals surface area contributed by atoms with Crippen LogP contribution in [0.5, 0.6) is 0 Å². The van der Waals surface area contributed by atoms with Gasteiger partial charge in [-0.05, 0) is 25.7 Å². The smallest absolute Gasteiger partial charge is 0.0551 e. The fourth-order valence-corrected chi connectivity index (χ4v) is 2.87. The maximum Gasteiger partial charge on any atom is 0.0551 e. The maximum atomic E-state index is 5.72. The second kappa shape index (κ2) is 8.06. The van der Waals surface area contributed by atoms with Crippen molar-refractivity contribution in [1.82, 2.24) is 5.43 Å². The van der Waals surface area contributed by atoms with Gasteiger partial charge in [-0.3, -0.25) is 11.3 Å². The van der Waals surface area contributed by atoms with E-state index in [4.69, 9.17) is 10.6 Å². The monoisotopic (exact) mass is 242 g/mol. The van der Waals surface area contributed by atoms with Crippen LogP contribution < -0.4 is 11.3 Å². The molecule has 0 aromatic carbocycles. The third kappa shape index (κ3) is 4.94. The minimum Gasteiger partial charge on any atom is -0.378 e. The molecule has 0 amide bonds. The van der Waals surface area contributed by atoms with Crippen LogP contribution >= 0.6 is 0 Å². The van der Waals surface area contributed by atoms with E-state index in [9.17, 15) is 0 Å². The zero-order chi connectivity index (χ0) is 12.7. The van der Waals surface area contributed by atoms with Crippen molar-refractivity contribution in [2.24, 2.45) is 17.7 Å². The van der Waals surface area contributed by atoms with Gasteiger partial charge in [0.1, 0.15) is 0 Å². The molecular formula is C14H30N2O. The van der Waals surface area contributed by atoms with Gasteiger partial charge in [0, 0.05) is 12.0 Å². The zero-order valence-corrected chi connectivity index (χ0v) is 11.7. The number of unbranched alkanes of at least 4 members (excludes halogenated alkanes) is 1. The predicted molar refractivity (Wildman–Crippen MR) is 72.6 cm³/mol. The van der Waals surface area contributed by atoms with E-state index in [0.29, 0.717) is 18.1 Å². The standard InChI is InChI=1S/C14H30N2O/c1-4-6-7-12(5-2)9-14(16-15)13-8-11(3)17-10-13/h11-14,16H,4-10,15H2,1-3H3. The molecule has 1 aliphatic heterocycles. The molecule has 17 heavy (non-hydrogen) atoms. The second-order valence-corrected chi connectivity index (χ2v) is 5.57. The predicted octanol–water partition coefficient (Wildman–Crippen LogP) is 2.85. The first-order valence-corrected chi connectivity index (χ1v) is 7.28. The largest absolute Gasteiger partial charge is 0.378 e. The summed E-state index contributed by atoms with van der Waals surface area (Å²) >= 11 is 0. The van der Waals surface area contributed by atoms with Crippen LogP contribution in [0.15, 0.2) is 0 Å². The summed E-state index contributed by atoms with van der Waals surface area (Å²) in [6.45, 7) is 7.59. The van der Waals surface area contributed by atoms with E-state index >= 15 is 0 Å². The number of ether oxygens (including phenoxy) is 1. The summed E-state index contributed by atoms with van der Waals surface area (Å²) in [5.41, 5.74) is 3.03. The van der Waals surface area contributed by atoms with Crippen LogP contribution in [-0.4, -0.2) is 18.8 Å². The molecule has 0 saturated carbocycles. The first-order chi connectivity index (χ1) is 8.21. The highest BCUT2D eigenvalue weighted by atomic mass is 16.5. The van der Waals surface area contributed by atoms with Gasteiger partial charge in [0.15, 0.2) is 0 Å². The van der Waals surface area contributed by atoms with E-state index in [-0.39, 0.29) is 0 Å². The van der Waals surface area contributed by atoms with Crippen LogP contribution in [0.2, 0.25) is 0 Å². The summed E-state index contributed by atoms with van der Waals surface area (Å²) in [5, 5.41) is 0. The minimum atomic E-state index is 0.409. The van der Waals surface area contributed by atoms with Crippen molar-refractivity contribution in [3.8, 4) is 0 Å². The van der Waals surface area contributed by atoms with Crippen molar-refractivity contribution in [2.45, 2.75) is 71.4 Å². The van der Waals surface area contributed by atoms with Crippen LogP contribution in [0.4, 0.5) is 0 Å². The Bertz CT molecular complexity index is 199. The fraction of sp³-hybridized carbons (Fsp3) is 1.00. The van der Waals surface area contributed by atoms with Crippen LogP contribution in [0, 0.1) is 11.8 Å². The molecule has 3 nitrogen and oxygen atoms in total. The number of hydrogen-bond donors (Lipinski definition) is 2. The SMILES string of the molecule is CCCCC(CC)CC(NN)C1COC(C)C1. The molecule has 0 bridgehead atoms. The summed E-state index contributed by atoms with van der Waals surface area (Å²) < 4.78 is 5.65. The summed E-state index contributed by atoms with van der Waals surface area (Å²) in [7, 11) is 0. The number of nitrogens with one attached hydrogen (secondary N) is 1.